The van der Waals surface area contributed by atoms with Gasteiger partial charge in [0.2, 0.25) is 0 Å². The number of carbonyl (C=O) groups excluding carboxylic acids is 1. The molecule has 1 aliphatic carbocycles. The summed E-state index contributed by atoms with van der Waals surface area (Å²) >= 11 is 0. The highest BCUT2D eigenvalue weighted by atomic mass is 19.1. The van der Waals surface area contributed by atoms with E-state index in [0.29, 0.717) is 5.56 Å². The van der Waals surface area contributed by atoms with E-state index in [1.54, 1.807) is 18.2 Å². The highest BCUT2D eigenvalue weighted by Crippen LogP contribution is 2.34. The van der Waals surface area contributed by atoms with Gasteiger partial charge < -0.3 is 0 Å². The first-order chi connectivity index (χ1) is 9.06. The van der Waals surface area contributed by atoms with E-state index >= 15 is 0 Å². The number of carbonyl (C=O) groups is 1. The summed E-state index contributed by atoms with van der Waals surface area (Å²) in [5.41, 5.74) is 0.125. The first-order valence-corrected chi connectivity index (χ1v) is 7.00. The molecule has 1 aliphatic rings. The van der Waals surface area contributed by atoms with Crippen molar-refractivity contribution in [1.82, 2.24) is 4.90 Å². The zero-order valence-corrected chi connectivity index (χ0v) is 11.8. The minimum Gasteiger partial charge on any atom is -0.297 e. The Morgan fingerprint density at radius 3 is 2.42 bits per heavy atom. The molecule has 19 heavy (non-hydrogen) atoms. The van der Waals surface area contributed by atoms with Gasteiger partial charge in [0.25, 0.3) is 0 Å². The van der Waals surface area contributed by atoms with Crippen LogP contribution in [0.2, 0.25) is 0 Å². The Hall–Kier alpha value is -1.22. The van der Waals surface area contributed by atoms with E-state index in [4.69, 9.17) is 0 Å². The molecule has 0 spiro atoms. The standard InChI is InChI=1S/C16H22FNO/c1-18(2)16(10-6-3-7-11-16)15(19)12-13-8-4-5-9-14(13)17/h4-5,8-9H,3,6-7,10-12H2,1-2H3. The van der Waals surface area contributed by atoms with E-state index < -0.39 is 0 Å². The Morgan fingerprint density at radius 2 is 1.84 bits per heavy atom. The molecule has 1 saturated carbocycles. The van der Waals surface area contributed by atoms with Crippen molar-refractivity contribution >= 4 is 5.78 Å². The normalized spacial score (nSPS) is 18.5. The lowest BCUT2D eigenvalue weighted by Crippen LogP contribution is -2.53. The van der Waals surface area contributed by atoms with Crippen LogP contribution in [0.3, 0.4) is 0 Å². The second kappa shape index (κ2) is 5.83. The van der Waals surface area contributed by atoms with Crippen LogP contribution in [-0.2, 0) is 11.2 Å². The van der Waals surface area contributed by atoms with Crippen molar-refractivity contribution in [1.29, 1.82) is 0 Å². The Kier molecular flexibility index (Phi) is 4.35. The molecule has 104 valence electrons. The molecule has 0 bridgehead atoms. The fourth-order valence-corrected chi connectivity index (χ4v) is 3.09. The SMILES string of the molecule is CN(C)C1(C(=O)Cc2ccccc2F)CCCCC1. The monoisotopic (exact) mass is 263 g/mol. The lowest BCUT2D eigenvalue weighted by atomic mass is 9.76. The maximum Gasteiger partial charge on any atom is 0.157 e. The summed E-state index contributed by atoms with van der Waals surface area (Å²) in [6.07, 6.45) is 5.36. The van der Waals surface area contributed by atoms with Gasteiger partial charge in [0.05, 0.1) is 5.54 Å². The van der Waals surface area contributed by atoms with Crippen LogP contribution >= 0.6 is 0 Å². The number of Topliss-reactive ketones (excluding diaryl/α,β-unsaturated/α-hetero) is 1. The molecule has 0 radical (unpaired) electrons. The van der Waals surface area contributed by atoms with E-state index in [1.807, 2.05) is 19.0 Å². The molecule has 0 N–H and O–H groups in total. The number of rotatable bonds is 4. The third-order valence-electron chi connectivity index (χ3n) is 4.36. The Bertz CT molecular complexity index is 450. The van der Waals surface area contributed by atoms with Crippen LogP contribution in [0.1, 0.15) is 37.7 Å². The molecule has 0 atom stereocenters. The minimum atomic E-state index is -0.388. The molecule has 1 fully saturated rings. The summed E-state index contributed by atoms with van der Waals surface area (Å²) in [7, 11) is 3.93. The molecular weight excluding hydrogens is 241 g/mol. The topological polar surface area (TPSA) is 20.3 Å². The maximum absolute atomic E-state index is 13.7. The Morgan fingerprint density at radius 1 is 1.21 bits per heavy atom. The van der Waals surface area contributed by atoms with Crippen LogP contribution in [-0.4, -0.2) is 30.3 Å². The number of nitrogens with zero attached hydrogens (tertiary/aromatic N) is 1. The Labute approximate surface area is 114 Å². The molecule has 1 aromatic rings. The van der Waals surface area contributed by atoms with E-state index in [-0.39, 0.29) is 23.6 Å². The largest absolute Gasteiger partial charge is 0.297 e. The number of ketones is 1. The van der Waals surface area contributed by atoms with Crippen LogP contribution in [0.4, 0.5) is 4.39 Å². The van der Waals surface area contributed by atoms with Crippen LogP contribution in [0.5, 0.6) is 0 Å². The quantitative estimate of drug-likeness (QED) is 0.831. The Balaban J connectivity index is 2.19. The number of hydrogen-bond acceptors (Lipinski definition) is 2. The number of benzene rings is 1. The zero-order valence-electron chi connectivity index (χ0n) is 11.8. The third kappa shape index (κ3) is 2.86. The predicted octanol–water partition coefficient (Wildman–Crippen LogP) is 3.20. The minimum absolute atomic E-state index is 0.155. The summed E-state index contributed by atoms with van der Waals surface area (Å²) in [5, 5.41) is 0. The highest BCUT2D eigenvalue weighted by molar-refractivity contribution is 5.90. The van der Waals surface area contributed by atoms with Crippen molar-refractivity contribution in [2.75, 3.05) is 14.1 Å². The predicted molar refractivity (Wildman–Crippen MR) is 74.6 cm³/mol. The second-order valence-electron chi connectivity index (χ2n) is 5.68. The van der Waals surface area contributed by atoms with Crippen molar-refractivity contribution in [3.8, 4) is 0 Å². The molecule has 0 saturated heterocycles. The molecule has 2 rings (SSSR count). The van der Waals surface area contributed by atoms with Gasteiger partial charge in [-0.2, -0.15) is 0 Å². The first kappa shape index (κ1) is 14.2. The van der Waals surface area contributed by atoms with Gasteiger partial charge in [-0.15, -0.1) is 0 Å². The van der Waals surface area contributed by atoms with Gasteiger partial charge in [-0.05, 0) is 38.6 Å². The molecular formula is C16H22FNO. The number of hydrogen-bond donors (Lipinski definition) is 0. The van der Waals surface area contributed by atoms with E-state index in [1.165, 1.54) is 12.5 Å². The summed E-state index contributed by atoms with van der Waals surface area (Å²) in [6.45, 7) is 0. The van der Waals surface area contributed by atoms with Crippen molar-refractivity contribution < 1.29 is 9.18 Å². The van der Waals surface area contributed by atoms with Crippen LogP contribution in [0.15, 0.2) is 24.3 Å². The van der Waals surface area contributed by atoms with Gasteiger partial charge in [-0.25, -0.2) is 4.39 Å². The van der Waals surface area contributed by atoms with Gasteiger partial charge in [0.1, 0.15) is 5.82 Å². The highest BCUT2D eigenvalue weighted by Gasteiger charge is 2.40. The lowest BCUT2D eigenvalue weighted by Gasteiger charge is -2.41. The van der Waals surface area contributed by atoms with Gasteiger partial charge in [0.15, 0.2) is 5.78 Å². The number of halogens is 1. The summed E-state index contributed by atoms with van der Waals surface area (Å²) in [6, 6.07) is 6.58. The average molecular weight is 263 g/mol. The van der Waals surface area contributed by atoms with Gasteiger partial charge in [-0.1, -0.05) is 37.5 Å². The lowest BCUT2D eigenvalue weighted by molar-refractivity contribution is -0.131. The molecule has 0 amide bonds. The fraction of sp³-hybridized carbons (Fsp3) is 0.562. The maximum atomic E-state index is 13.7. The van der Waals surface area contributed by atoms with Gasteiger partial charge in [-0.3, -0.25) is 9.69 Å². The molecule has 0 heterocycles. The average Bonchev–Trinajstić information content (AvgIpc) is 2.42. The summed E-state index contributed by atoms with van der Waals surface area (Å²) in [5.74, 6) is -0.122. The summed E-state index contributed by atoms with van der Waals surface area (Å²) < 4.78 is 13.7. The zero-order chi connectivity index (χ0) is 13.9. The molecule has 0 aromatic heterocycles. The molecule has 0 unspecified atom stereocenters. The molecule has 0 aliphatic heterocycles. The van der Waals surface area contributed by atoms with E-state index in [9.17, 15) is 9.18 Å². The fourth-order valence-electron chi connectivity index (χ4n) is 3.09. The smallest absolute Gasteiger partial charge is 0.157 e. The molecule has 1 aromatic carbocycles. The van der Waals surface area contributed by atoms with Crippen molar-refractivity contribution in [3.63, 3.8) is 0 Å². The van der Waals surface area contributed by atoms with Crippen molar-refractivity contribution in [2.45, 2.75) is 44.1 Å². The first-order valence-electron chi connectivity index (χ1n) is 7.00. The van der Waals surface area contributed by atoms with Gasteiger partial charge in [0, 0.05) is 6.42 Å². The number of likely N-dealkylation sites (N-methyl/N-ethyl adjacent to an activating group) is 1. The van der Waals surface area contributed by atoms with Gasteiger partial charge >= 0.3 is 0 Å². The van der Waals surface area contributed by atoms with Crippen LogP contribution in [0, 0.1) is 5.82 Å². The molecule has 2 nitrogen and oxygen atoms in total. The third-order valence-corrected chi connectivity index (χ3v) is 4.36. The van der Waals surface area contributed by atoms with Crippen molar-refractivity contribution in [2.24, 2.45) is 0 Å². The summed E-state index contributed by atoms with van der Waals surface area (Å²) in [4.78, 5) is 14.7. The molecule has 3 heteroatoms. The van der Waals surface area contributed by atoms with Crippen LogP contribution < -0.4 is 0 Å². The van der Waals surface area contributed by atoms with Crippen LogP contribution in [0.25, 0.3) is 0 Å². The van der Waals surface area contributed by atoms with E-state index in [0.717, 1.165) is 25.7 Å². The second-order valence-corrected chi connectivity index (χ2v) is 5.68. The van der Waals surface area contributed by atoms with Crippen molar-refractivity contribution in [3.05, 3.63) is 35.6 Å². The van der Waals surface area contributed by atoms with E-state index in [2.05, 4.69) is 0 Å².